The van der Waals surface area contributed by atoms with Gasteiger partial charge in [0.05, 0.1) is 11.4 Å². The molecule has 130 valence electrons. The summed E-state index contributed by atoms with van der Waals surface area (Å²) in [5.74, 6) is -0.157. The molecule has 25 heavy (non-hydrogen) atoms. The Labute approximate surface area is 151 Å². The van der Waals surface area contributed by atoms with Crippen LogP contribution >= 0.6 is 11.6 Å². The van der Waals surface area contributed by atoms with Gasteiger partial charge in [-0.3, -0.25) is 13.9 Å². The predicted octanol–water partition coefficient (Wildman–Crippen LogP) is 3.02. The Balaban J connectivity index is 1.53. The van der Waals surface area contributed by atoms with Gasteiger partial charge in [-0.15, -0.1) is 0 Å². The van der Waals surface area contributed by atoms with E-state index in [0.29, 0.717) is 17.4 Å². The molecular formula is C18H20ClN5O. The molecule has 0 saturated carbocycles. The van der Waals surface area contributed by atoms with E-state index in [4.69, 9.17) is 11.6 Å². The maximum Gasteiger partial charge on any atom is 0.244 e. The molecule has 0 unspecified atom stereocenters. The first-order chi connectivity index (χ1) is 12.0. The molecule has 3 aromatic heterocycles. The fourth-order valence-corrected chi connectivity index (χ4v) is 2.93. The van der Waals surface area contributed by atoms with E-state index in [1.165, 1.54) is 6.08 Å². The van der Waals surface area contributed by atoms with Crippen LogP contribution in [0.1, 0.15) is 23.5 Å². The van der Waals surface area contributed by atoms with Crippen molar-refractivity contribution in [1.29, 1.82) is 0 Å². The van der Waals surface area contributed by atoms with Crippen LogP contribution in [0.2, 0.25) is 5.15 Å². The fourth-order valence-electron chi connectivity index (χ4n) is 2.69. The highest BCUT2D eigenvalue weighted by Crippen LogP contribution is 2.18. The minimum Gasteiger partial charge on any atom is -0.352 e. The molecule has 0 bridgehead atoms. The van der Waals surface area contributed by atoms with Gasteiger partial charge in [0.15, 0.2) is 5.15 Å². The number of imidazole rings is 1. The number of nitrogens with zero attached hydrogens (tertiary/aromatic N) is 4. The lowest BCUT2D eigenvalue weighted by atomic mass is 10.3. The van der Waals surface area contributed by atoms with Crippen LogP contribution in [0.5, 0.6) is 0 Å². The smallest absolute Gasteiger partial charge is 0.244 e. The van der Waals surface area contributed by atoms with Crippen molar-refractivity contribution in [2.75, 3.05) is 6.54 Å². The topological polar surface area (TPSA) is 64.2 Å². The van der Waals surface area contributed by atoms with Crippen molar-refractivity contribution < 1.29 is 4.79 Å². The molecule has 0 radical (unpaired) electrons. The molecule has 0 aliphatic heterocycles. The first-order valence-corrected chi connectivity index (χ1v) is 8.52. The third-order valence-corrected chi connectivity index (χ3v) is 4.14. The number of halogens is 1. The minimum absolute atomic E-state index is 0.157. The van der Waals surface area contributed by atoms with Crippen LogP contribution in [0, 0.1) is 13.8 Å². The molecule has 0 aromatic carbocycles. The van der Waals surface area contributed by atoms with Crippen LogP contribution in [0.25, 0.3) is 11.7 Å². The third-order valence-electron chi connectivity index (χ3n) is 3.86. The summed E-state index contributed by atoms with van der Waals surface area (Å²) >= 11 is 6.14. The van der Waals surface area contributed by atoms with Gasteiger partial charge in [0, 0.05) is 31.1 Å². The second kappa shape index (κ2) is 7.53. The molecule has 1 N–H and O–H groups in total. The largest absolute Gasteiger partial charge is 0.352 e. The quantitative estimate of drug-likeness (QED) is 0.544. The Morgan fingerprint density at radius 1 is 1.36 bits per heavy atom. The number of hydrogen-bond donors (Lipinski definition) is 1. The third kappa shape index (κ3) is 4.09. The van der Waals surface area contributed by atoms with Crippen molar-refractivity contribution in [3.63, 3.8) is 0 Å². The fraction of sp³-hybridized carbons (Fsp3) is 0.278. The van der Waals surface area contributed by atoms with E-state index >= 15 is 0 Å². The molecule has 1 amide bonds. The van der Waals surface area contributed by atoms with Gasteiger partial charge in [0.1, 0.15) is 5.65 Å². The van der Waals surface area contributed by atoms with Crippen LogP contribution in [-0.2, 0) is 11.3 Å². The molecule has 6 nitrogen and oxygen atoms in total. The Morgan fingerprint density at radius 3 is 2.96 bits per heavy atom. The van der Waals surface area contributed by atoms with Gasteiger partial charge in [-0.25, -0.2) is 4.98 Å². The Morgan fingerprint density at radius 2 is 2.20 bits per heavy atom. The summed E-state index contributed by atoms with van der Waals surface area (Å²) in [5.41, 5.74) is 3.58. The van der Waals surface area contributed by atoms with Crippen LogP contribution in [0.15, 0.2) is 36.5 Å². The molecule has 0 fully saturated rings. The highest BCUT2D eigenvalue weighted by Gasteiger charge is 2.07. The number of pyridine rings is 1. The summed E-state index contributed by atoms with van der Waals surface area (Å²) in [5, 5.41) is 7.65. The van der Waals surface area contributed by atoms with Gasteiger partial charge in [-0.1, -0.05) is 17.7 Å². The summed E-state index contributed by atoms with van der Waals surface area (Å²) in [6.45, 7) is 5.37. The lowest BCUT2D eigenvalue weighted by molar-refractivity contribution is -0.116. The number of carbonyl (C=O) groups is 1. The first kappa shape index (κ1) is 17.2. The van der Waals surface area contributed by atoms with Crippen molar-refractivity contribution in [1.82, 2.24) is 24.5 Å². The van der Waals surface area contributed by atoms with Gasteiger partial charge in [-0.05, 0) is 44.5 Å². The first-order valence-electron chi connectivity index (χ1n) is 8.14. The zero-order chi connectivity index (χ0) is 17.8. The van der Waals surface area contributed by atoms with E-state index in [-0.39, 0.29) is 5.91 Å². The average molecular weight is 358 g/mol. The molecular weight excluding hydrogens is 338 g/mol. The van der Waals surface area contributed by atoms with Crippen LogP contribution in [0.4, 0.5) is 0 Å². The van der Waals surface area contributed by atoms with Gasteiger partial charge in [-0.2, -0.15) is 5.10 Å². The number of aryl methyl sites for hydroxylation is 3. The zero-order valence-electron chi connectivity index (χ0n) is 14.2. The SMILES string of the molecule is Cc1cc(C)n(CCCNC(=O)C=Cc2c(Cl)nc3ccccn23)n1. The van der Waals surface area contributed by atoms with Crippen LogP contribution in [-0.4, -0.2) is 31.6 Å². The van der Waals surface area contributed by atoms with Crippen LogP contribution < -0.4 is 5.32 Å². The maximum atomic E-state index is 12.0. The van der Waals surface area contributed by atoms with E-state index in [2.05, 4.69) is 15.4 Å². The van der Waals surface area contributed by atoms with Gasteiger partial charge < -0.3 is 5.32 Å². The molecule has 0 aliphatic rings. The normalized spacial score (nSPS) is 11.5. The zero-order valence-corrected chi connectivity index (χ0v) is 15.0. The second-order valence-electron chi connectivity index (χ2n) is 5.84. The van der Waals surface area contributed by atoms with E-state index in [1.807, 2.05) is 53.4 Å². The average Bonchev–Trinajstić information content (AvgIpc) is 3.07. The van der Waals surface area contributed by atoms with E-state index in [9.17, 15) is 4.79 Å². The Kier molecular flexibility index (Phi) is 5.19. The highest BCUT2D eigenvalue weighted by atomic mass is 35.5. The maximum absolute atomic E-state index is 12.0. The van der Waals surface area contributed by atoms with Gasteiger partial charge in [0.25, 0.3) is 0 Å². The number of hydrogen-bond acceptors (Lipinski definition) is 3. The van der Waals surface area contributed by atoms with E-state index in [1.54, 1.807) is 6.08 Å². The second-order valence-corrected chi connectivity index (χ2v) is 6.20. The standard InChI is InChI=1S/C18H20ClN5O/c1-13-12-14(2)24(22-13)11-5-9-20-17(25)8-7-15-18(19)21-16-6-3-4-10-23(15)16/h3-4,6-8,10,12H,5,9,11H2,1-2H3,(H,20,25). The Bertz CT molecular complexity index is 925. The predicted molar refractivity (Wildman–Crippen MR) is 98.6 cm³/mol. The van der Waals surface area contributed by atoms with Crippen molar-refractivity contribution in [3.8, 4) is 0 Å². The van der Waals surface area contributed by atoms with Crippen LogP contribution in [0.3, 0.4) is 0 Å². The molecule has 7 heteroatoms. The number of fused-ring (bicyclic) bond motifs is 1. The summed E-state index contributed by atoms with van der Waals surface area (Å²) in [4.78, 5) is 16.2. The monoisotopic (exact) mass is 357 g/mol. The van der Waals surface area contributed by atoms with E-state index in [0.717, 1.165) is 30.0 Å². The summed E-state index contributed by atoms with van der Waals surface area (Å²) in [6, 6.07) is 7.69. The number of rotatable bonds is 6. The summed E-state index contributed by atoms with van der Waals surface area (Å²) in [6.07, 6.45) is 5.84. The number of nitrogens with one attached hydrogen (secondary N) is 1. The lowest BCUT2D eigenvalue weighted by Gasteiger charge is -2.05. The van der Waals surface area contributed by atoms with E-state index < -0.39 is 0 Å². The lowest BCUT2D eigenvalue weighted by Crippen LogP contribution is -2.23. The highest BCUT2D eigenvalue weighted by molar-refractivity contribution is 6.31. The molecule has 3 heterocycles. The molecule has 0 aliphatic carbocycles. The van der Waals surface area contributed by atoms with Crippen molar-refractivity contribution in [3.05, 3.63) is 58.8 Å². The number of carbonyl (C=O) groups excluding carboxylic acids is 1. The molecule has 0 spiro atoms. The molecule has 0 atom stereocenters. The number of aromatic nitrogens is 4. The molecule has 0 saturated heterocycles. The minimum atomic E-state index is -0.157. The van der Waals surface area contributed by atoms with Crippen molar-refractivity contribution >= 4 is 29.2 Å². The van der Waals surface area contributed by atoms with Gasteiger partial charge in [0.2, 0.25) is 5.91 Å². The molecule has 3 rings (SSSR count). The van der Waals surface area contributed by atoms with Crippen molar-refractivity contribution in [2.24, 2.45) is 0 Å². The summed E-state index contributed by atoms with van der Waals surface area (Å²) in [7, 11) is 0. The summed E-state index contributed by atoms with van der Waals surface area (Å²) < 4.78 is 3.80. The van der Waals surface area contributed by atoms with Crippen molar-refractivity contribution in [2.45, 2.75) is 26.8 Å². The Hall–Kier alpha value is -2.60. The number of amides is 1. The van der Waals surface area contributed by atoms with Gasteiger partial charge >= 0.3 is 0 Å². The molecule has 3 aromatic rings.